The molecule has 0 bridgehead atoms. The summed E-state index contributed by atoms with van der Waals surface area (Å²) in [5.41, 5.74) is 5.88. The number of carbonyl (C=O) groups excluding carboxylic acids is 2. The van der Waals surface area contributed by atoms with Crippen LogP contribution in [0.2, 0.25) is 0 Å². The van der Waals surface area contributed by atoms with E-state index in [-0.39, 0.29) is 23.9 Å². The molecule has 2 aliphatic rings. The summed E-state index contributed by atoms with van der Waals surface area (Å²) in [7, 11) is 0. The summed E-state index contributed by atoms with van der Waals surface area (Å²) in [6, 6.07) is 35.5. The highest BCUT2D eigenvalue weighted by Gasteiger charge is 2.32. The van der Waals surface area contributed by atoms with Gasteiger partial charge in [-0.05, 0) is 70.8 Å². The van der Waals surface area contributed by atoms with Gasteiger partial charge in [-0.25, -0.2) is 10.0 Å². The predicted octanol–water partition coefficient (Wildman–Crippen LogP) is 6.93. The number of hydrazone groups is 2. The third kappa shape index (κ3) is 6.96. The van der Waals surface area contributed by atoms with Crippen molar-refractivity contribution in [1.82, 2.24) is 10.0 Å². The number of rotatable bonds is 10. The Hall–Kier alpha value is -5.24. The molecule has 2 heterocycles. The maximum absolute atomic E-state index is 12.3. The van der Waals surface area contributed by atoms with Gasteiger partial charge in [-0.1, -0.05) is 60.7 Å². The molecule has 228 valence electrons. The summed E-state index contributed by atoms with van der Waals surface area (Å²) in [4.78, 5) is 24.5. The number of nitrogens with zero attached hydrogens (tertiary/aromatic N) is 4. The molecular formula is C37H36N4O4. The standard InChI is InChI=1S/C37H36N4O4/c1-26(42)40-36(30-10-5-3-6-11-30)24-34(38-40)28-14-18-32(19-15-28)44-22-9-23-45-33-20-16-29(17-21-33)35-25-37(41(39-35)27(2)43)31-12-7-4-8-13-31/h3-8,10-21,36-37H,9,22-25H2,1-2H3. The molecule has 2 atom stereocenters. The van der Waals surface area contributed by atoms with Crippen molar-refractivity contribution in [3.05, 3.63) is 131 Å². The van der Waals surface area contributed by atoms with E-state index in [2.05, 4.69) is 10.2 Å². The van der Waals surface area contributed by atoms with Gasteiger partial charge in [0.05, 0.1) is 36.7 Å². The molecule has 8 nitrogen and oxygen atoms in total. The van der Waals surface area contributed by atoms with Crippen molar-refractivity contribution < 1.29 is 19.1 Å². The highest BCUT2D eigenvalue weighted by Crippen LogP contribution is 2.34. The van der Waals surface area contributed by atoms with Gasteiger partial charge in [-0.3, -0.25) is 9.59 Å². The Kier molecular flexibility index (Phi) is 9.01. The molecule has 0 radical (unpaired) electrons. The zero-order valence-corrected chi connectivity index (χ0v) is 25.5. The maximum Gasteiger partial charge on any atom is 0.240 e. The highest BCUT2D eigenvalue weighted by atomic mass is 16.5. The molecule has 2 aliphatic heterocycles. The van der Waals surface area contributed by atoms with Crippen LogP contribution in [0.4, 0.5) is 0 Å². The Balaban J connectivity index is 0.966. The summed E-state index contributed by atoms with van der Waals surface area (Å²) in [5, 5.41) is 12.4. The van der Waals surface area contributed by atoms with Crippen LogP contribution in [0.1, 0.15) is 67.4 Å². The molecule has 45 heavy (non-hydrogen) atoms. The van der Waals surface area contributed by atoms with E-state index < -0.39 is 0 Å². The van der Waals surface area contributed by atoms with E-state index in [1.54, 1.807) is 23.9 Å². The van der Waals surface area contributed by atoms with Gasteiger partial charge in [0.2, 0.25) is 11.8 Å². The molecule has 0 aromatic heterocycles. The molecule has 2 amide bonds. The van der Waals surface area contributed by atoms with Crippen LogP contribution in [-0.2, 0) is 9.59 Å². The van der Waals surface area contributed by atoms with Crippen molar-refractivity contribution in [3.63, 3.8) is 0 Å². The SMILES string of the molecule is CC(=O)N1N=C(c2ccc(OCCCOc3ccc(C4=NN(C(C)=O)C(c5ccccc5)C4)cc3)cc2)CC1c1ccccc1. The van der Waals surface area contributed by atoms with Crippen molar-refractivity contribution in [2.24, 2.45) is 10.2 Å². The third-order valence-electron chi connectivity index (χ3n) is 8.04. The largest absolute Gasteiger partial charge is 0.493 e. The van der Waals surface area contributed by atoms with Crippen molar-refractivity contribution >= 4 is 23.2 Å². The molecule has 2 unspecified atom stereocenters. The molecule has 0 saturated carbocycles. The lowest BCUT2D eigenvalue weighted by molar-refractivity contribution is -0.131. The fourth-order valence-electron chi connectivity index (χ4n) is 5.75. The van der Waals surface area contributed by atoms with Crippen LogP contribution < -0.4 is 9.47 Å². The Labute approximate surface area is 263 Å². The smallest absolute Gasteiger partial charge is 0.240 e. The van der Waals surface area contributed by atoms with Crippen LogP contribution in [0, 0.1) is 0 Å². The van der Waals surface area contributed by atoms with Crippen LogP contribution in [0.15, 0.2) is 119 Å². The van der Waals surface area contributed by atoms with Crippen LogP contribution in [0.5, 0.6) is 11.5 Å². The Bertz CT molecular complexity index is 1560. The van der Waals surface area contributed by atoms with Gasteiger partial charge < -0.3 is 9.47 Å². The molecule has 0 saturated heterocycles. The average Bonchev–Trinajstić information content (AvgIpc) is 3.73. The fourth-order valence-corrected chi connectivity index (χ4v) is 5.75. The Morgan fingerprint density at radius 1 is 0.600 bits per heavy atom. The second kappa shape index (κ2) is 13.6. The molecular weight excluding hydrogens is 564 g/mol. The topological polar surface area (TPSA) is 83.8 Å². The average molecular weight is 601 g/mol. The second-order valence-corrected chi connectivity index (χ2v) is 11.2. The number of ether oxygens (including phenoxy) is 2. The van der Waals surface area contributed by atoms with Crippen LogP contribution in [0.25, 0.3) is 0 Å². The summed E-state index contributed by atoms with van der Waals surface area (Å²) in [6.07, 6.45) is 2.06. The minimum Gasteiger partial charge on any atom is -0.493 e. The van der Waals surface area contributed by atoms with Crippen molar-refractivity contribution in [3.8, 4) is 11.5 Å². The normalized spacial score (nSPS) is 17.6. The quantitative estimate of drug-likeness (QED) is 0.185. The molecule has 0 spiro atoms. The van der Waals surface area contributed by atoms with Gasteiger partial charge in [0.25, 0.3) is 0 Å². The van der Waals surface area contributed by atoms with E-state index in [1.807, 2.05) is 109 Å². The minimum absolute atomic E-state index is 0.0711. The number of amides is 2. The molecule has 6 rings (SSSR count). The lowest BCUT2D eigenvalue weighted by atomic mass is 9.98. The van der Waals surface area contributed by atoms with Crippen LogP contribution >= 0.6 is 0 Å². The first-order valence-corrected chi connectivity index (χ1v) is 15.3. The maximum atomic E-state index is 12.3. The second-order valence-electron chi connectivity index (χ2n) is 11.2. The highest BCUT2D eigenvalue weighted by molar-refractivity contribution is 6.03. The van der Waals surface area contributed by atoms with E-state index in [0.29, 0.717) is 26.1 Å². The van der Waals surface area contributed by atoms with Crippen LogP contribution in [0.3, 0.4) is 0 Å². The zero-order chi connectivity index (χ0) is 31.2. The molecule has 0 fully saturated rings. The van der Waals surface area contributed by atoms with E-state index in [4.69, 9.17) is 9.47 Å². The van der Waals surface area contributed by atoms with Crippen molar-refractivity contribution in [2.75, 3.05) is 13.2 Å². The van der Waals surface area contributed by atoms with Gasteiger partial charge in [0.15, 0.2) is 0 Å². The number of hydrogen-bond acceptors (Lipinski definition) is 6. The molecule has 4 aromatic rings. The predicted molar refractivity (Wildman–Crippen MR) is 174 cm³/mol. The fraction of sp³-hybridized carbons (Fsp3) is 0.243. The molecule has 0 aliphatic carbocycles. The van der Waals surface area contributed by atoms with E-state index in [0.717, 1.165) is 51.6 Å². The van der Waals surface area contributed by atoms with E-state index >= 15 is 0 Å². The zero-order valence-electron chi connectivity index (χ0n) is 25.5. The monoisotopic (exact) mass is 600 g/mol. The lowest BCUT2D eigenvalue weighted by Gasteiger charge is -2.20. The van der Waals surface area contributed by atoms with Gasteiger partial charge in [0, 0.05) is 33.1 Å². The summed E-state index contributed by atoms with van der Waals surface area (Å²) in [6.45, 7) is 4.14. The van der Waals surface area contributed by atoms with Gasteiger partial charge in [-0.15, -0.1) is 0 Å². The van der Waals surface area contributed by atoms with Gasteiger partial charge in [0.1, 0.15) is 11.5 Å². The van der Waals surface area contributed by atoms with Crippen molar-refractivity contribution in [2.45, 2.75) is 45.2 Å². The molecule has 0 N–H and O–H groups in total. The minimum atomic E-state index is -0.0913. The number of carbonyl (C=O) groups is 2. The van der Waals surface area contributed by atoms with E-state index in [9.17, 15) is 9.59 Å². The van der Waals surface area contributed by atoms with E-state index in [1.165, 1.54) is 0 Å². The molecule has 4 aromatic carbocycles. The number of benzene rings is 4. The van der Waals surface area contributed by atoms with Gasteiger partial charge in [-0.2, -0.15) is 10.2 Å². The first kappa shape index (κ1) is 29.8. The van der Waals surface area contributed by atoms with Gasteiger partial charge >= 0.3 is 0 Å². The molecule has 8 heteroatoms. The first-order chi connectivity index (χ1) is 22.0. The number of hydrogen-bond donors (Lipinski definition) is 0. The summed E-state index contributed by atoms with van der Waals surface area (Å²) in [5.74, 6) is 1.40. The van der Waals surface area contributed by atoms with Crippen molar-refractivity contribution in [1.29, 1.82) is 0 Å². The first-order valence-electron chi connectivity index (χ1n) is 15.3. The lowest BCUT2D eigenvalue weighted by Crippen LogP contribution is -2.24. The van der Waals surface area contributed by atoms with Crippen LogP contribution in [-0.4, -0.2) is 46.5 Å². The Morgan fingerprint density at radius 3 is 1.33 bits per heavy atom. The summed E-state index contributed by atoms with van der Waals surface area (Å²) < 4.78 is 11.9. The summed E-state index contributed by atoms with van der Waals surface area (Å²) >= 11 is 0. The third-order valence-corrected chi connectivity index (χ3v) is 8.04. The Morgan fingerprint density at radius 2 is 0.978 bits per heavy atom.